The quantitative estimate of drug-likeness (QED) is 0.909. The molecule has 126 valence electrons. The standard InChI is InChI=1S/C18H22N4O2/c1-3-10-24-17-14-11-13(23-2)4-5-16(14)21-18(15(17)12-19)22-8-6-20-7-9-22/h4-5,11,20H,3,6-10H2,1-2H3. The molecule has 1 saturated heterocycles. The maximum atomic E-state index is 9.77. The molecule has 0 spiro atoms. The fourth-order valence-electron chi connectivity index (χ4n) is 2.89. The minimum Gasteiger partial charge on any atom is -0.497 e. The van der Waals surface area contributed by atoms with Gasteiger partial charge in [0.1, 0.15) is 23.1 Å². The number of aromatic nitrogens is 1. The number of rotatable bonds is 5. The molecule has 0 atom stereocenters. The highest BCUT2D eigenvalue weighted by molar-refractivity contribution is 5.91. The van der Waals surface area contributed by atoms with E-state index in [1.165, 1.54) is 0 Å². The van der Waals surface area contributed by atoms with Crippen LogP contribution < -0.4 is 19.7 Å². The molecule has 0 bridgehead atoms. The molecule has 6 nitrogen and oxygen atoms in total. The van der Waals surface area contributed by atoms with Crippen LogP contribution in [0.3, 0.4) is 0 Å². The summed E-state index contributed by atoms with van der Waals surface area (Å²) >= 11 is 0. The lowest BCUT2D eigenvalue weighted by molar-refractivity contribution is 0.320. The van der Waals surface area contributed by atoms with Crippen molar-refractivity contribution in [2.24, 2.45) is 0 Å². The summed E-state index contributed by atoms with van der Waals surface area (Å²) in [7, 11) is 1.63. The molecule has 0 amide bonds. The zero-order valence-electron chi connectivity index (χ0n) is 14.1. The van der Waals surface area contributed by atoms with Gasteiger partial charge in [-0.1, -0.05) is 6.92 Å². The van der Waals surface area contributed by atoms with Crippen molar-refractivity contribution in [3.8, 4) is 17.6 Å². The fraction of sp³-hybridized carbons (Fsp3) is 0.444. The summed E-state index contributed by atoms with van der Waals surface area (Å²) in [6, 6.07) is 7.99. The predicted molar refractivity (Wildman–Crippen MR) is 93.9 cm³/mol. The van der Waals surface area contributed by atoms with Crippen LogP contribution in [0.4, 0.5) is 5.82 Å². The van der Waals surface area contributed by atoms with Gasteiger partial charge in [0.25, 0.3) is 0 Å². The largest absolute Gasteiger partial charge is 0.497 e. The first kappa shape index (κ1) is 16.3. The van der Waals surface area contributed by atoms with Gasteiger partial charge in [0.15, 0.2) is 5.82 Å². The minimum absolute atomic E-state index is 0.506. The molecular formula is C18H22N4O2. The fourth-order valence-corrected chi connectivity index (χ4v) is 2.89. The maximum absolute atomic E-state index is 9.77. The lowest BCUT2D eigenvalue weighted by Crippen LogP contribution is -2.44. The van der Waals surface area contributed by atoms with Crippen LogP contribution in [0.1, 0.15) is 18.9 Å². The van der Waals surface area contributed by atoms with Crippen molar-refractivity contribution < 1.29 is 9.47 Å². The number of nitrogens with one attached hydrogen (secondary N) is 1. The van der Waals surface area contributed by atoms with E-state index in [1.54, 1.807) is 7.11 Å². The number of nitriles is 1. The monoisotopic (exact) mass is 326 g/mol. The topological polar surface area (TPSA) is 70.4 Å². The Labute approximate surface area is 142 Å². The Kier molecular flexibility index (Phi) is 5.02. The smallest absolute Gasteiger partial charge is 0.151 e. The van der Waals surface area contributed by atoms with Crippen LogP contribution in [-0.4, -0.2) is 44.9 Å². The molecule has 1 aromatic heterocycles. The summed E-state index contributed by atoms with van der Waals surface area (Å²) in [4.78, 5) is 6.90. The third-order valence-corrected chi connectivity index (χ3v) is 4.10. The number of nitrogens with zero attached hydrogens (tertiary/aromatic N) is 3. The van der Waals surface area contributed by atoms with Crippen molar-refractivity contribution in [3.05, 3.63) is 23.8 Å². The van der Waals surface area contributed by atoms with Gasteiger partial charge in [-0.25, -0.2) is 4.98 Å². The van der Waals surface area contributed by atoms with E-state index in [1.807, 2.05) is 25.1 Å². The number of methoxy groups -OCH3 is 1. The number of piperazine rings is 1. The minimum atomic E-state index is 0.506. The number of hydrogen-bond donors (Lipinski definition) is 1. The molecule has 6 heteroatoms. The first-order valence-corrected chi connectivity index (χ1v) is 8.28. The Bertz CT molecular complexity index is 764. The van der Waals surface area contributed by atoms with Gasteiger partial charge in [-0.15, -0.1) is 0 Å². The van der Waals surface area contributed by atoms with Gasteiger partial charge in [-0.2, -0.15) is 5.26 Å². The third-order valence-electron chi connectivity index (χ3n) is 4.10. The molecular weight excluding hydrogens is 304 g/mol. The lowest BCUT2D eigenvalue weighted by Gasteiger charge is -2.30. The summed E-state index contributed by atoms with van der Waals surface area (Å²) in [5.41, 5.74) is 1.32. The summed E-state index contributed by atoms with van der Waals surface area (Å²) in [5, 5.41) is 13.9. The second-order valence-electron chi connectivity index (χ2n) is 5.72. The van der Waals surface area contributed by atoms with Crippen LogP contribution in [0, 0.1) is 11.3 Å². The van der Waals surface area contributed by atoms with E-state index >= 15 is 0 Å². The second-order valence-corrected chi connectivity index (χ2v) is 5.72. The second kappa shape index (κ2) is 7.37. The number of pyridine rings is 1. The van der Waals surface area contributed by atoms with Crippen molar-refractivity contribution >= 4 is 16.7 Å². The highest BCUT2D eigenvalue weighted by Crippen LogP contribution is 2.36. The number of ether oxygens (including phenoxy) is 2. The molecule has 1 aliphatic heterocycles. The van der Waals surface area contributed by atoms with Crippen molar-refractivity contribution in [3.63, 3.8) is 0 Å². The number of benzene rings is 1. The van der Waals surface area contributed by atoms with Crippen molar-refractivity contribution in [1.29, 1.82) is 5.26 Å². The molecule has 2 aromatic rings. The Hall–Kier alpha value is -2.52. The first-order chi connectivity index (χ1) is 11.8. The van der Waals surface area contributed by atoms with E-state index in [-0.39, 0.29) is 0 Å². The molecule has 0 unspecified atom stereocenters. The molecule has 0 saturated carbocycles. The Morgan fingerprint density at radius 2 is 2.12 bits per heavy atom. The molecule has 0 radical (unpaired) electrons. The molecule has 1 aliphatic rings. The number of anilines is 1. The zero-order chi connectivity index (χ0) is 16.9. The van der Waals surface area contributed by atoms with Gasteiger partial charge >= 0.3 is 0 Å². The highest BCUT2D eigenvalue weighted by atomic mass is 16.5. The number of fused-ring (bicyclic) bond motifs is 1. The first-order valence-electron chi connectivity index (χ1n) is 8.28. The molecule has 2 heterocycles. The molecule has 0 aliphatic carbocycles. The van der Waals surface area contributed by atoms with Gasteiger partial charge in [-0.05, 0) is 24.6 Å². The summed E-state index contributed by atoms with van der Waals surface area (Å²) < 4.78 is 11.3. The summed E-state index contributed by atoms with van der Waals surface area (Å²) in [6.45, 7) is 6.04. The van der Waals surface area contributed by atoms with E-state index in [9.17, 15) is 5.26 Å². The van der Waals surface area contributed by atoms with E-state index in [0.717, 1.165) is 49.3 Å². The van der Waals surface area contributed by atoms with E-state index < -0.39 is 0 Å². The van der Waals surface area contributed by atoms with Crippen LogP contribution in [-0.2, 0) is 0 Å². The van der Waals surface area contributed by atoms with Crippen LogP contribution in [0.15, 0.2) is 18.2 Å². The van der Waals surface area contributed by atoms with E-state index in [2.05, 4.69) is 16.3 Å². The molecule has 24 heavy (non-hydrogen) atoms. The molecule has 1 fully saturated rings. The number of hydrogen-bond acceptors (Lipinski definition) is 6. The highest BCUT2D eigenvalue weighted by Gasteiger charge is 2.22. The summed E-state index contributed by atoms with van der Waals surface area (Å²) in [5.74, 6) is 2.05. The summed E-state index contributed by atoms with van der Waals surface area (Å²) in [6.07, 6.45) is 0.877. The van der Waals surface area contributed by atoms with E-state index in [4.69, 9.17) is 14.5 Å². The van der Waals surface area contributed by atoms with Gasteiger partial charge in [0, 0.05) is 31.6 Å². The Morgan fingerprint density at radius 3 is 2.79 bits per heavy atom. The average Bonchev–Trinajstić information content (AvgIpc) is 2.65. The normalized spacial score (nSPS) is 14.5. The molecule has 1 aromatic carbocycles. The Morgan fingerprint density at radius 1 is 1.33 bits per heavy atom. The van der Waals surface area contributed by atoms with Crippen molar-refractivity contribution in [2.75, 3.05) is 44.8 Å². The van der Waals surface area contributed by atoms with Crippen LogP contribution in [0.2, 0.25) is 0 Å². The molecule has 1 N–H and O–H groups in total. The van der Waals surface area contributed by atoms with E-state index in [0.29, 0.717) is 23.7 Å². The Balaban J connectivity index is 2.19. The van der Waals surface area contributed by atoms with Gasteiger partial charge < -0.3 is 19.7 Å². The lowest BCUT2D eigenvalue weighted by atomic mass is 10.1. The maximum Gasteiger partial charge on any atom is 0.151 e. The predicted octanol–water partition coefficient (Wildman–Crippen LogP) is 2.31. The third kappa shape index (κ3) is 3.08. The SMILES string of the molecule is CCCOc1c(C#N)c(N2CCNCC2)nc2ccc(OC)cc12. The van der Waals surface area contributed by atoms with Gasteiger partial charge in [-0.3, -0.25) is 0 Å². The van der Waals surface area contributed by atoms with Gasteiger partial charge in [0.2, 0.25) is 0 Å². The van der Waals surface area contributed by atoms with Crippen LogP contribution in [0.5, 0.6) is 11.5 Å². The molecule has 3 rings (SSSR count). The van der Waals surface area contributed by atoms with Crippen molar-refractivity contribution in [1.82, 2.24) is 10.3 Å². The van der Waals surface area contributed by atoms with Crippen LogP contribution in [0.25, 0.3) is 10.9 Å². The van der Waals surface area contributed by atoms with Crippen molar-refractivity contribution in [2.45, 2.75) is 13.3 Å². The zero-order valence-corrected chi connectivity index (χ0v) is 14.1. The van der Waals surface area contributed by atoms with Crippen LogP contribution >= 0.6 is 0 Å². The average molecular weight is 326 g/mol. The van der Waals surface area contributed by atoms with Gasteiger partial charge in [0.05, 0.1) is 19.2 Å².